The van der Waals surface area contributed by atoms with Gasteiger partial charge in [-0.15, -0.1) is 0 Å². The molecule has 18 heavy (non-hydrogen) atoms. The van der Waals surface area contributed by atoms with Gasteiger partial charge in [0.25, 0.3) is 0 Å². The van der Waals surface area contributed by atoms with Crippen LogP contribution < -0.4 is 11.1 Å². The van der Waals surface area contributed by atoms with Crippen LogP contribution in [0.15, 0.2) is 24.3 Å². The minimum absolute atomic E-state index is 0.0574. The quantitative estimate of drug-likeness (QED) is 0.797. The molecule has 0 saturated carbocycles. The smallest absolute Gasteiger partial charge is 0.224 e. The minimum Gasteiger partial charge on any atom is -0.352 e. The first-order chi connectivity index (χ1) is 8.71. The van der Waals surface area contributed by atoms with Crippen molar-refractivity contribution in [3.63, 3.8) is 0 Å². The third-order valence-electron chi connectivity index (χ3n) is 2.88. The molecule has 0 aliphatic rings. The molecule has 1 aromatic rings. The largest absolute Gasteiger partial charge is 0.352 e. The number of hydrogen-bond donors (Lipinski definition) is 2. The van der Waals surface area contributed by atoms with Crippen molar-refractivity contribution in [2.24, 2.45) is 5.73 Å². The number of nitrogens with one attached hydrogen (secondary N) is 1. The molecular weight excluding hydrogens is 226 g/mol. The van der Waals surface area contributed by atoms with Crippen LogP contribution in [0.1, 0.15) is 30.9 Å². The van der Waals surface area contributed by atoms with Crippen LogP contribution in [-0.2, 0) is 17.8 Å². The molecule has 4 heteroatoms. The molecule has 0 heterocycles. The van der Waals surface area contributed by atoms with E-state index in [0.29, 0.717) is 19.4 Å². The highest BCUT2D eigenvalue weighted by molar-refractivity contribution is 5.79. The Morgan fingerprint density at radius 3 is 2.67 bits per heavy atom. The molecule has 96 valence electrons. The molecule has 1 atom stereocenters. The number of hydrogen-bond acceptors (Lipinski definition) is 3. The average Bonchev–Trinajstić information content (AvgIpc) is 2.38. The number of amides is 1. The Hall–Kier alpha value is -1.86. The predicted molar refractivity (Wildman–Crippen MR) is 70.5 cm³/mol. The summed E-state index contributed by atoms with van der Waals surface area (Å²) in [6.07, 6.45) is 1.42. The third-order valence-corrected chi connectivity index (χ3v) is 2.88. The van der Waals surface area contributed by atoms with E-state index in [1.54, 1.807) is 0 Å². The number of benzene rings is 1. The van der Waals surface area contributed by atoms with Crippen LogP contribution in [0.25, 0.3) is 0 Å². The van der Waals surface area contributed by atoms with Gasteiger partial charge in [-0.3, -0.25) is 4.79 Å². The lowest BCUT2D eigenvalue weighted by Gasteiger charge is -2.14. The third kappa shape index (κ3) is 4.19. The van der Waals surface area contributed by atoms with Crippen LogP contribution in [-0.4, -0.2) is 11.9 Å². The molecule has 0 spiro atoms. The van der Waals surface area contributed by atoms with E-state index in [-0.39, 0.29) is 11.9 Å². The van der Waals surface area contributed by atoms with Crippen molar-refractivity contribution < 1.29 is 4.79 Å². The zero-order valence-electron chi connectivity index (χ0n) is 10.6. The second-order valence-electron chi connectivity index (χ2n) is 4.18. The number of rotatable bonds is 6. The second-order valence-corrected chi connectivity index (χ2v) is 4.18. The van der Waals surface area contributed by atoms with Gasteiger partial charge in [-0.1, -0.05) is 31.2 Å². The Morgan fingerprint density at radius 2 is 2.11 bits per heavy atom. The Kier molecular flexibility index (Phi) is 5.89. The molecule has 3 N–H and O–H groups in total. The highest BCUT2D eigenvalue weighted by Crippen LogP contribution is 2.09. The summed E-state index contributed by atoms with van der Waals surface area (Å²) in [5, 5.41) is 11.5. The zero-order valence-corrected chi connectivity index (χ0v) is 10.6. The first kappa shape index (κ1) is 14.2. The first-order valence-electron chi connectivity index (χ1n) is 6.14. The summed E-state index contributed by atoms with van der Waals surface area (Å²) in [5.74, 6) is -0.0574. The minimum atomic E-state index is -0.0625. The van der Waals surface area contributed by atoms with E-state index >= 15 is 0 Å². The van der Waals surface area contributed by atoms with Crippen molar-refractivity contribution in [2.75, 3.05) is 0 Å². The normalized spacial score (nSPS) is 11.6. The van der Waals surface area contributed by atoms with E-state index in [0.717, 1.165) is 17.5 Å². The number of carbonyl (C=O) groups is 1. The highest BCUT2D eigenvalue weighted by Gasteiger charge is 2.11. The van der Waals surface area contributed by atoms with Crippen LogP contribution in [0.2, 0.25) is 0 Å². The van der Waals surface area contributed by atoms with Gasteiger partial charge in [0.1, 0.15) is 0 Å². The Labute approximate surface area is 108 Å². The summed E-state index contributed by atoms with van der Waals surface area (Å²) in [7, 11) is 0. The summed E-state index contributed by atoms with van der Waals surface area (Å²) in [4.78, 5) is 11.9. The van der Waals surface area contributed by atoms with Crippen LogP contribution >= 0.6 is 0 Å². The summed E-state index contributed by atoms with van der Waals surface area (Å²) in [6.45, 7) is 2.38. The van der Waals surface area contributed by atoms with Crippen molar-refractivity contribution in [1.29, 1.82) is 5.26 Å². The fraction of sp³-hybridized carbons (Fsp3) is 0.429. The predicted octanol–water partition coefficient (Wildman–Crippen LogP) is 1.50. The van der Waals surface area contributed by atoms with Crippen molar-refractivity contribution in [1.82, 2.24) is 5.32 Å². The Morgan fingerprint density at radius 1 is 1.44 bits per heavy atom. The maximum Gasteiger partial charge on any atom is 0.224 e. The van der Waals surface area contributed by atoms with Crippen LogP contribution in [0.3, 0.4) is 0 Å². The zero-order chi connectivity index (χ0) is 13.4. The van der Waals surface area contributed by atoms with Gasteiger partial charge in [0.2, 0.25) is 5.91 Å². The second kappa shape index (κ2) is 7.46. The number of nitriles is 1. The Balaban J connectivity index is 2.62. The molecular formula is C14H19N3O. The molecule has 0 aliphatic heterocycles. The van der Waals surface area contributed by atoms with Gasteiger partial charge in [-0.2, -0.15) is 5.26 Å². The van der Waals surface area contributed by atoms with Gasteiger partial charge in [0, 0.05) is 12.6 Å². The molecule has 1 unspecified atom stereocenters. The van der Waals surface area contributed by atoms with Crippen LogP contribution in [0, 0.1) is 11.3 Å². The lowest BCUT2D eigenvalue weighted by molar-refractivity contribution is -0.121. The maximum absolute atomic E-state index is 11.9. The van der Waals surface area contributed by atoms with E-state index in [4.69, 9.17) is 11.0 Å². The molecule has 1 rings (SSSR count). The van der Waals surface area contributed by atoms with Gasteiger partial charge in [0.05, 0.1) is 18.9 Å². The average molecular weight is 245 g/mol. The molecule has 0 bridgehead atoms. The summed E-state index contributed by atoms with van der Waals surface area (Å²) in [6, 6.07) is 9.66. The molecule has 0 radical (unpaired) electrons. The van der Waals surface area contributed by atoms with E-state index in [1.807, 2.05) is 31.2 Å². The number of nitrogens with zero attached hydrogens (tertiary/aromatic N) is 1. The molecule has 0 aliphatic carbocycles. The standard InChI is InChI=1S/C14H19N3O/c1-2-13(7-8-15)17-14(18)9-11-5-3-4-6-12(11)10-16/h3-6,13H,2,7,9-10,16H2,1H3,(H,17,18). The maximum atomic E-state index is 11.9. The monoisotopic (exact) mass is 245 g/mol. The van der Waals surface area contributed by atoms with Crippen LogP contribution in [0.5, 0.6) is 0 Å². The summed E-state index contributed by atoms with van der Waals surface area (Å²) >= 11 is 0. The lowest BCUT2D eigenvalue weighted by Crippen LogP contribution is -2.35. The van der Waals surface area contributed by atoms with E-state index < -0.39 is 0 Å². The number of nitrogens with two attached hydrogens (primary N) is 1. The Bertz CT molecular complexity index is 437. The van der Waals surface area contributed by atoms with E-state index in [1.165, 1.54) is 0 Å². The van der Waals surface area contributed by atoms with Gasteiger partial charge >= 0.3 is 0 Å². The first-order valence-corrected chi connectivity index (χ1v) is 6.14. The molecule has 0 fully saturated rings. The van der Waals surface area contributed by atoms with Crippen molar-refractivity contribution in [2.45, 2.75) is 38.8 Å². The van der Waals surface area contributed by atoms with E-state index in [9.17, 15) is 4.79 Å². The molecule has 4 nitrogen and oxygen atoms in total. The molecule has 0 aromatic heterocycles. The highest BCUT2D eigenvalue weighted by atomic mass is 16.1. The fourth-order valence-corrected chi connectivity index (χ4v) is 1.79. The van der Waals surface area contributed by atoms with E-state index in [2.05, 4.69) is 11.4 Å². The topological polar surface area (TPSA) is 78.9 Å². The van der Waals surface area contributed by atoms with Gasteiger partial charge in [0.15, 0.2) is 0 Å². The van der Waals surface area contributed by atoms with Crippen molar-refractivity contribution in [3.8, 4) is 6.07 Å². The SMILES string of the molecule is CCC(CC#N)NC(=O)Cc1ccccc1CN. The van der Waals surface area contributed by atoms with Gasteiger partial charge in [-0.05, 0) is 17.5 Å². The fourth-order valence-electron chi connectivity index (χ4n) is 1.79. The van der Waals surface area contributed by atoms with Gasteiger partial charge in [-0.25, -0.2) is 0 Å². The lowest BCUT2D eigenvalue weighted by atomic mass is 10.0. The molecule has 0 saturated heterocycles. The van der Waals surface area contributed by atoms with Crippen molar-refractivity contribution in [3.05, 3.63) is 35.4 Å². The number of carbonyl (C=O) groups excluding carboxylic acids is 1. The van der Waals surface area contributed by atoms with Crippen LogP contribution in [0.4, 0.5) is 0 Å². The van der Waals surface area contributed by atoms with Crippen molar-refractivity contribution >= 4 is 5.91 Å². The summed E-state index contributed by atoms with van der Waals surface area (Å²) < 4.78 is 0. The van der Waals surface area contributed by atoms with Gasteiger partial charge < -0.3 is 11.1 Å². The molecule has 1 aromatic carbocycles. The molecule has 1 amide bonds. The summed E-state index contributed by atoms with van der Waals surface area (Å²) in [5.41, 5.74) is 7.56.